The first-order valence-electron chi connectivity index (χ1n) is 5.97. The predicted molar refractivity (Wildman–Crippen MR) is 61.4 cm³/mol. The maximum Gasteiger partial charge on any atom is 0.0688 e. The molecule has 0 radical (unpaired) electrons. The molecule has 1 atom stereocenters. The van der Waals surface area contributed by atoms with Gasteiger partial charge in [-0.1, -0.05) is 31.9 Å². The van der Waals surface area contributed by atoms with Crippen molar-refractivity contribution in [1.82, 2.24) is 0 Å². The summed E-state index contributed by atoms with van der Waals surface area (Å²) >= 11 is 0. The van der Waals surface area contributed by atoms with Crippen molar-refractivity contribution in [3.8, 4) is 0 Å². The molecule has 1 fully saturated rings. The average Bonchev–Trinajstić information content (AvgIpc) is 2.14. The highest BCUT2D eigenvalue weighted by Crippen LogP contribution is 2.31. The van der Waals surface area contributed by atoms with Crippen LogP contribution < -0.4 is 0 Å². The van der Waals surface area contributed by atoms with Gasteiger partial charge in [-0.3, -0.25) is 0 Å². The third-order valence-corrected chi connectivity index (χ3v) is 3.12. The third-order valence-electron chi connectivity index (χ3n) is 3.12. The fourth-order valence-corrected chi connectivity index (χ4v) is 2.00. The molecule has 0 N–H and O–H groups in total. The molecule has 0 saturated carbocycles. The molecule has 1 aliphatic rings. The van der Waals surface area contributed by atoms with Crippen LogP contribution in [0, 0.1) is 5.92 Å². The summed E-state index contributed by atoms with van der Waals surface area (Å²) in [6, 6.07) is 0. The highest BCUT2D eigenvalue weighted by molar-refractivity contribution is 4.98. The first-order chi connectivity index (χ1) is 6.67. The Morgan fingerprint density at radius 2 is 2.21 bits per heavy atom. The van der Waals surface area contributed by atoms with E-state index in [9.17, 15) is 0 Å². The van der Waals surface area contributed by atoms with Crippen LogP contribution in [-0.4, -0.2) is 12.2 Å². The van der Waals surface area contributed by atoms with E-state index >= 15 is 0 Å². The van der Waals surface area contributed by atoms with E-state index in [2.05, 4.69) is 32.9 Å². The van der Waals surface area contributed by atoms with E-state index in [-0.39, 0.29) is 5.60 Å². The maximum atomic E-state index is 5.78. The van der Waals surface area contributed by atoms with Crippen LogP contribution in [-0.2, 0) is 4.74 Å². The quantitative estimate of drug-likeness (QED) is 0.489. The Morgan fingerprint density at radius 3 is 2.86 bits per heavy atom. The molecule has 1 saturated heterocycles. The molecule has 82 valence electrons. The highest BCUT2D eigenvalue weighted by atomic mass is 16.5. The second-order valence-corrected chi connectivity index (χ2v) is 4.77. The lowest BCUT2D eigenvalue weighted by Crippen LogP contribution is -2.37. The Balaban J connectivity index is 2.37. The number of allylic oxidation sites excluding steroid dienone is 1. The van der Waals surface area contributed by atoms with Crippen molar-refractivity contribution in [2.45, 2.75) is 58.5 Å². The van der Waals surface area contributed by atoms with E-state index in [0.29, 0.717) is 5.92 Å². The fourth-order valence-electron chi connectivity index (χ4n) is 2.00. The first-order valence-corrected chi connectivity index (χ1v) is 5.97. The fraction of sp³-hybridized carbons (Fsp3) is 0.846. The summed E-state index contributed by atoms with van der Waals surface area (Å²) < 4.78 is 5.78. The number of hydrogen-bond donors (Lipinski definition) is 0. The van der Waals surface area contributed by atoms with Crippen molar-refractivity contribution in [2.24, 2.45) is 5.92 Å². The molecule has 0 amide bonds. The lowest BCUT2D eigenvalue weighted by atomic mass is 9.84. The molecule has 0 unspecified atom stereocenters. The normalized spacial score (nSPS) is 26.9. The Bertz CT molecular complexity index is 182. The molecule has 1 heteroatoms. The number of rotatable bonds is 4. The summed E-state index contributed by atoms with van der Waals surface area (Å²) in [6.07, 6.45) is 11.0. The summed E-state index contributed by atoms with van der Waals surface area (Å²) in [7, 11) is 0. The van der Waals surface area contributed by atoms with Gasteiger partial charge in [-0.05, 0) is 33.1 Å². The number of unbranched alkanes of at least 4 members (excludes halogenated alkanes) is 2. The highest BCUT2D eigenvalue weighted by Gasteiger charge is 2.30. The van der Waals surface area contributed by atoms with Crippen molar-refractivity contribution < 1.29 is 4.74 Å². The molecule has 0 aliphatic carbocycles. The molecule has 1 aliphatic heterocycles. The van der Waals surface area contributed by atoms with E-state index < -0.39 is 0 Å². The van der Waals surface area contributed by atoms with Crippen LogP contribution in [0.25, 0.3) is 0 Å². The zero-order valence-electron chi connectivity index (χ0n) is 9.88. The molecule has 0 aromatic heterocycles. The van der Waals surface area contributed by atoms with E-state index in [4.69, 9.17) is 4.74 Å². The average molecular weight is 196 g/mol. The molecule has 14 heavy (non-hydrogen) atoms. The molecule has 0 aromatic rings. The van der Waals surface area contributed by atoms with Gasteiger partial charge in [0.15, 0.2) is 0 Å². The van der Waals surface area contributed by atoms with Gasteiger partial charge in [0.2, 0.25) is 0 Å². The molecule has 0 aromatic carbocycles. The summed E-state index contributed by atoms with van der Waals surface area (Å²) in [5.74, 6) is 0.619. The summed E-state index contributed by atoms with van der Waals surface area (Å²) in [5.41, 5.74) is 0.0565. The minimum Gasteiger partial charge on any atom is -0.375 e. The molecule has 1 heterocycles. The largest absolute Gasteiger partial charge is 0.375 e. The van der Waals surface area contributed by atoms with E-state index in [1.807, 2.05) is 0 Å². The first kappa shape index (κ1) is 11.8. The lowest BCUT2D eigenvalue weighted by Gasteiger charge is -2.37. The van der Waals surface area contributed by atoms with Gasteiger partial charge in [-0.2, -0.15) is 0 Å². The summed E-state index contributed by atoms with van der Waals surface area (Å²) in [6.45, 7) is 7.59. The standard InChI is InChI=1S/C13H24O/c1-4-5-6-7-9-12-10-8-11-14-13(12,2)3/h7,9,12H,4-6,8,10-11H2,1-3H3/b9-7+/t12-/m1/s1. The minimum absolute atomic E-state index is 0.0565. The topological polar surface area (TPSA) is 9.23 Å². The van der Waals surface area contributed by atoms with Crippen LogP contribution in [0.1, 0.15) is 52.9 Å². The van der Waals surface area contributed by atoms with Crippen LogP contribution in [0.15, 0.2) is 12.2 Å². The molecule has 0 bridgehead atoms. The zero-order chi connectivity index (χ0) is 10.4. The van der Waals surface area contributed by atoms with Gasteiger partial charge in [0, 0.05) is 12.5 Å². The van der Waals surface area contributed by atoms with Crippen LogP contribution in [0.5, 0.6) is 0 Å². The van der Waals surface area contributed by atoms with Crippen LogP contribution in [0.3, 0.4) is 0 Å². The zero-order valence-corrected chi connectivity index (χ0v) is 9.88. The predicted octanol–water partition coefficient (Wildman–Crippen LogP) is 3.94. The van der Waals surface area contributed by atoms with Gasteiger partial charge in [-0.25, -0.2) is 0 Å². The maximum absolute atomic E-state index is 5.78. The Kier molecular flexibility index (Phi) is 4.67. The minimum atomic E-state index is 0.0565. The number of ether oxygens (including phenoxy) is 1. The SMILES string of the molecule is CCCC/C=C/[C@@H]1CCCOC1(C)C. The van der Waals surface area contributed by atoms with Crippen molar-refractivity contribution in [2.75, 3.05) is 6.61 Å². The van der Waals surface area contributed by atoms with Gasteiger partial charge >= 0.3 is 0 Å². The van der Waals surface area contributed by atoms with E-state index in [0.717, 1.165) is 6.61 Å². The van der Waals surface area contributed by atoms with Crippen molar-refractivity contribution in [1.29, 1.82) is 0 Å². The van der Waals surface area contributed by atoms with E-state index in [1.54, 1.807) is 0 Å². The molecule has 0 spiro atoms. The van der Waals surface area contributed by atoms with Gasteiger partial charge < -0.3 is 4.74 Å². The van der Waals surface area contributed by atoms with Crippen LogP contribution in [0.4, 0.5) is 0 Å². The van der Waals surface area contributed by atoms with Crippen molar-refractivity contribution in [3.05, 3.63) is 12.2 Å². The Hall–Kier alpha value is -0.300. The van der Waals surface area contributed by atoms with Crippen molar-refractivity contribution in [3.63, 3.8) is 0 Å². The van der Waals surface area contributed by atoms with E-state index in [1.165, 1.54) is 32.1 Å². The molecule has 1 nitrogen and oxygen atoms in total. The third kappa shape index (κ3) is 3.45. The van der Waals surface area contributed by atoms with Crippen molar-refractivity contribution >= 4 is 0 Å². The molecular formula is C13H24O. The van der Waals surface area contributed by atoms with Crippen LogP contribution >= 0.6 is 0 Å². The van der Waals surface area contributed by atoms with Crippen LogP contribution in [0.2, 0.25) is 0 Å². The smallest absolute Gasteiger partial charge is 0.0688 e. The Morgan fingerprint density at radius 1 is 1.43 bits per heavy atom. The summed E-state index contributed by atoms with van der Waals surface area (Å²) in [4.78, 5) is 0. The number of hydrogen-bond acceptors (Lipinski definition) is 1. The Labute approximate surface area is 88.5 Å². The molecule has 1 rings (SSSR count). The van der Waals surface area contributed by atoms with Gasteiger partial charge in [0.1, 0.15) is 0 Å². The van der Waals surface area contributed by atoms with Gasteiger partial charge in [0.05, 0.1) is 5.60 Å². The van der Waals surface area contributed by atoms with Gasteiger partial charge in [0.25, 0.3) is 0 Å². The molecular weight excluding hydrogens is 172 g/mol. The second kappa shape index (κ2) is 5.55. The lowest BCUT2D eigenvalue weighted by molar-refractivity contribution is -0.0786. The summed E-state index contributed by atoms with van der Waals surface area (Å²) in [5, 5.41) is 0. The van der Waals surface area contributed by atoms with Gasteiger partial charge in [-0.15, -0.1) is 0 Å². The second-order valence-electron chi connectivity index (χ2n) is 4.77. The monoisotopic (exact) mass is 196 g/mol.